The third kappa shape index (κ3) is 3.83. The van der Waals surface area contributed by atoms with Crippen LogP contribution in [-0.4, -0.2) is 81.0 Å². The molecule has 2 rings (SSSR count). The van der Waals surface area contributed by atoms with E-state index in [-0.39, 0.29) is 6.04 Å². The van der Waals surface area contributed by atoms with Crippen molar-refractivity contribution in [3.8, 4) is 0 Å². The molecular weight excluding hydrogens is 286 g/mol. The summed E-state index contributed by atoms with van der Waals surface area (Å²) in [5, 5.41) is 3.19. The van der Waals surface area contributed by atoms with Crippen LogP contribution in [0.15, 0.2) is 0 Å². The van der Waals surface area contributed by atoms with Gasteiger partial charge in [-0.25, -0.2) is 0 Å². The first kappa shape index (κ1) is 15.5. The van der Waals surface area contributed by atoms with E-state index in [2.05, 4.69) is 5.32 Å². The maximum Gasteiger partial charge on any atom is 0.282 e. The van der Waals surface area contributed by atoms with Gasteiger partial charge in [-0.1, -0.05) is 0 Å². The Bertz CT molecular complexity index is 365. The molecule has 0 saturated carbocycles. The van der Waals surface area contributed by atoms with Crippen molar-refractivity contribution in [2.45, 2.75) is 12.5 Å². The van der Waals surface area contributed by atoms with Crippen molar-refractivity contribution < 1.29 is 13.2 Å². The lowest BCUT2D eigenvalue weighted by atomic mass is 10.3. The highest BCUT2D eigenvalue weighted by molar-refractivity contribution is 7.99. The second-order valence-corrected chi connectivity index (χ2v) is 7.81. The van der Waals surface area contributed by atoms with Gasteiger partial charge < -0.3 is 10.1 Å². The first-order chi connectivity index (χ1) is 9.16. The molecule has 1 unspecified atom stereocenters. The van der Waals surface area contributed by atoms with Crippen LogP contribution in [-0.2, 0) is 14.9 Å². The second kappa shape index (κ2) is 7.24. The molecule has 112 valence electrons. The number of hydrogen-bond acceptors (Lipinski definition) is 5. The summed E-state index contributed by atoms with van der Waals surface area (Å²) in [7, 11) is -1.74. The summed E-state index contributed by atoms with van der Waals surface area (Å²) >= 11 is 1.83. The van der Waals surface area contributed by atoms with E-state index in [1.165, 1.54) is 0 Å². The maximum atomic E-state index is 12.7. The Morgan fingerprint density at radius 2 is 2.16 bits per heavy atom. The Kier molecular flexibility index (Phi) is 5.91. The molecule has 2 heterocycles. The second-order valence-electron chi connectivity index (χ2n) is 4.78. The summed E-state index contributed by atoms with van der Waals surface area (Å²) < 4.78 is 33.8. The highest BCUT2D eigenvalue weighted by Gasteiger charge is 2.36. The van der Waals surface area contributed by atoms with Gasteiger partial charge in [-0.05, 0) is 12.2 Å². The van der Waals surface area contributed by atoms with Gasteiger partial charge in [-0.2, -0.15) is 28.8 Å². The fourth-order valence-corrected chi connectivity index (χ4v) is 5.56. The van der Waals surface area contributed by atoms with Crippen LogP contribution in [0.2, 0.25) is 0 Å². The summed E-state index contributed by atoms with van der Waals surface area (Å²) in [6.45, 7) is 3.49. The lowest BCUT2D eigenvalue weighted by Crippen LogP contribution is -2.54. The number of rotatable bonds is 6. The quantitative estimate of drug-likeness (QED) is 0.723. The third-order valence-corrected chi connectivity index (χ3v) is 6.76. The molecule has 1 atom stereocenters. The molecule has 1 N–H and O–H groups in total. The number of ether oxygens (including phenoxy) is 1. The van der Waals surface area contributed by atoms with E-state index in [0.29, 0.717) is 26.2 Å². The number of nitrogens with one attached hydrogen (secondary N) is 1. The zero-order valence-corrected chi connectivity index (χ0v) is 13.0. The SMILES string of the molecule is COCCN(C1CCSC1)S(=O)(=O)N1CCNCC1. The number of thioether (sulfide) groups is 1. The average molecular weight is 309 g/mol. The number of hydrogen-bond donors (Lipinski definition) is 1. The van der Waals surface area contributed by atoms with Gasteiger partial charge in [-0.3, -0.25) is 0 Å². The molecule has 0 spiro atoms. The standard InChI is InChI=1S/C11H23N3O3S2/c1-17-8-7-14(11-2-9-18-10-11)19(15,16)13-5-3-12-4-6-13/h11-12H,2-10H2,1H3. The predicted molar refractivity (Wildman–Crippen MR) is 77.7 cm³/mol. The molecule has 2 fully saturated rings. The van der Waals surface area contributed by atoms with Gasteiger partial charge in [0.2, 0.25) is 0 Å². The van der Waals surface area contributed by atoms with Crippen molar-refractivity contribution in [2.24, 2.45) is 0 Å². The Morgan fingerprint density at radius 1 is 1.42 bits per heavy atom. The van der Waals surface area contributed by atoms with E-state index in [4.69, 9.17) is 4.74 Å². The van der Waals surface area contributed by atoms with E-state index >= 15 is 0 Å². The van der Waals surface area contributed by atoms with E-state index in [0.717, 1.165) is 31.0 Å². The molecule has 2 aliphatic rings. The van der Waals surface area contributed by atoms with Gasteiger partial charge in [-0.15, -0.1) is 0 Å². The van der Waals surface area contributed by atoms with E-state index in [9.17, 15) is 8.42 Å². The summed E-state index contributed by atoms with van der Waals surface area (Å²) in [5.74, 6) is 1.94. The first-order valence-corrected chi connectivity index (χ1v) is 9.25. The summed E-state index contributed by atoms with van der Waals surface area (Å²) in [5.41, 5.74) is 0. The zero-order chi connectivity index (χ0) is 13.7. The highest BCUT2D eigenvalue weighted by atomic mass is 32.2. The van der Waals surface area contributed by atoms with Gasteiger partial charge in [0.25, 0.3) is 10.2 Å². The molecule has 2 saturated heterocycles. The van der Waals surface area contributed by atoms with Crippen molar-refractivity contribution >= 4 is 22.0 Å². The summed E-state index contributed by atoms with van der Waals surface area (Å²) in [6.07, 6.45) is 0.944. The zero-order valence-electron chi connectivity index (χ0n) is 11.4. The summed E-state index contributed by atoms with van der Waals surface area (Å²) in [4.78, 5) is 0. The van der Waals surface area contributed by atoms with Crippen LogP contribution in [0.1, 0.15) is 6.42 Å². The Hall–Kier alpha value is 0.140. The van der Waals surface area contributed by atoms with Gasteiger partial charge in [0.05, 0.1) is 6.61 Å². The molecule has 0 bridgehead atoms. The van der Waals surface area contributed by atoms with Gasteiger partial charge in [0.1, 0.15) is 0 Å². The van der Waals surface area contributed by atoms with Gasteiger partial charge >= 0.3 is 0 Å². The van der Waals surface area contributed by atoms with Crippen molar-refractivity contribution in [1.29, 1.82) is 0 Å². The fourth-order valence-electron chi connectivity index (χ4n) is 2.44. The molecule has 0 aromatic rings. The molecule has 19 heavy (non-hydrogen) atoms. The van der Waals surface area contributed by atoms with Crippen molar-refractivity contribution in [3.05, 3.63) is 0 Å². The first-order valence-electron chi connectivity index (χ1n) is 6.70. The van der Waals surface area contributed by atoms with Crippen LogP contribution in [0.5, 0.6) is 0 Å². The summed E-state index contributed by atoms with van der Waals surface area (Å²) in [6, 6.07) is 0.125. The molecule has 0 aromatic carbocycles. The van der Waals surface area contributed by atoms with E-state index in [1.54, 1.807) is 15.7 Å². The van der Waals surface area contributed by atoms with Crippen LogP contribution in [0, 0.1) is 0 Å². The lowest BCUT2D eigenvalue weighted by molar-refractivity contribution is 0.164. The van der Waals surface area contributed by atoms with E-state index in [1.807, 2.05) is 11.8 Å². The maximum absolute atomic E-state index is 12.7. The molecule has 0 radical (unpaired) electrons. The fraction of sp³-hybridized carbons (Fsp3) is 1.00. The van der Waals surface area contributed by atoms with Crippen molar-refractivity contribution in [3.63, 3.8) is 0 Å². The Labute approximate surface area is 120 Å². The van der Waals surface area contributed by atoms with Crippen molar-refractivity contribution in [1.82, 2.24) is 13.9 Å². The van der Waals surface area contributed by atoms with Crippen LogP contribution < -0.4 is 5.32 Å². The molecular formula is C11H23N3O3S2. The molecule has 0 amide bonds. The molecule has 8 heteroatoms. The minimum absolute atomic E-state index is 0.125. The van der Waals surface area contributed by atoms with Gasteiger partial charge in [0, 0.05) is 51.6 Å². The number of nitrogens with zero attached hydrogens (tertiary/aromatic N) is 2. The van der Waals surface area contributed by atoms with Crippen LogP contribution in [0.4, 0.5) is 0 Å². The normalized spacial score (nSPS) is 26.1. The topological polar surface area (TPSA) is 61.9 Å². The molecule has 6 nitrogen and oxygen atoms in total. The Morgan fingerprint density at radius 3 is 2.74 bits per heavy atom. The average Bonchev–Trinajstić information content (AvgIpc) is 2.94. The monoisotopic (exact) mass is 309 g/mol. The predicted octanol–water partition coefficient (Wildman–Crippen LogP) is -0.410. The minimum atomic E-state index is -3.35. The minimum Gasteiger partial charge on any atom is -0.383 e. The number of methoxy groups -OCH3 is 1. The van der Waals surface area contributed by atoms with Gasteiger partial charge in [0.15, 0.2) is 0 Å². The van der Waals surface area contributed by atoms with Crippen molar-refractivity contribution in [2.75, 3.05) is 57.9 Å². The van der Waals surface area contributed by atoms with Crippen LogP contribution in [0.25, 0.3) is 0 Å². The van der Waals surface area contributed by atoms with Crippen LogP contribution >= 0.6 is 11.8 Å². The smallest absolute Gasteiger partial charge is 0.282 e. The third-order valence-electron chi connectivity index (χ3n) is 3.53. The lowest BCUT2D eigenvalue weighted by Gasteiger charge is -2.35. The molecule has 0 aromatic heterocycles. The largest absolute Gasteiger partial charge is 0.383 e. The Balaban J connectivity index is 2.09. The molecule has 0 aliphatic carbocycles. The highest BCUT2D eigenvalue weighted by Crippen LogP contribution is 2.25. The number of piperazine rings is 1. The molecule has 2 aliphatic heterocycles. The van der Waals surface area contributed by atoms with E-state index < -0.39 is 10.2 Å². The van der Waals surface area contributed by atoms with Crippen LogP contribution in [0.3, 0.4) is 0 Å².